The third kappa shape index (κ3) is 5.48. The Kier molecular flexibility index (Phi) is 6.56. The molecule has 1 unspecified atom stereocenters. The molecule has 1 aromatic carbocycles. The Morgan fingerprint density at radius 1 is 1.14 bits per heavy atom. The van der Waals surface area contributed by atoms with Crippen LogP contribution in [0.3, 0.4) is 0 Å². The minimum Gasteiger partial charge on any atom is -0.392 e. The molecule has 0 aliphatic carbocycles. The van der Waals surface area contributed by atoms with Crippen LogP contribution < -0.4 is 10.6 Å². The molecular formula is C17H26N2O3. The first-order chi connectivity index (χ1) is 10.2. The van der Waals surface area contributed by atoms with Gasteiger partial charge < -0.3 is 15.7 Å². The molecule has 0 radical (unpaired) electrons. The summed E-state index contributed by atoms with van der Waals surface area (Å²) in [6, 6.07) is 5.37. The maximum atomic E-state index is 12.0. The van der Waals surface area contributed by atoms with Crippen molar-refractivity contribution in [2.75, 3.05) is 10.6 Å². The van der Waals surface area contributed by atoms with E-state index in [4.69, 9.17) is 0 Å². The molecule has 0 spiro atoms. The van der Waals surface area contributed by atoms with E-state index in [2.05, 4.69) is 10.6 Å². The first-order valence-electron chi connectivity index (χ1n) is 7.60. The monoisotopic (exact) mass is 306 g/mol. The number of carbonyl (C=O) groups is 2. The molecule has 0 saturated carbocycles. The molecule has 2 amide bonds. The van der Waals surface area contributed by atoms with Crippen molar-refractivity contribution in [1.82, 2.24) is 0 Å². The molecule has 122 valence electrons. The number of hydrogen-bond acceptors (Lipinski definition) is 3. The Bertz CT molecular complexity index is 539. The largest absolute Gasteiger partial charge is 0.392 e. The van der Waals surface area contributed by atoms with Gasteiger partial charge in [-0.05, 0) is 30.5 Å². The van der Waals surface area contributed by atoms with Crippen molar-refractivity contribution in [3.63, 3.8) is 0 Å². The molecule has 0 heterocycles. The van der Waals surface area contributed by atoms with Crippen LogP contribution in [-0.2, 0) is 9.59 Å². The SMILES string of the molecule is Cc1ccc(NC(=O)C(C)C)cc1NC(=O)CC(O)C(C)C. The third-order valence-electron chi connectivity index (χ3n) is 3.47. The lowest BCUT2D eigenvalue weighted by Crippen LogP contribution is -2.24. The Labute approximate surface area is 132 Å². The van der Waals surface area contributed by atoms with Crippen LogP contribution in [0.15, 0.2) is 18.2 Å². The van der Waals surface area contributed by atoms with Gasteiger partial charge in [-0.3, -0.25) is 9.59 Å². The van der Waals surface area contributed by atoms with Gasteiger partial charge in [-0.2, -0.15) is 0 Å². The van der Waals surface area contributed by atoms with Crippen molar-refractivity contribution in [1.29, 1.82) is 0 Å². The van der Waals surface area contributed by atoms with E-state index in [0.29, 0.717) is 11.4 Å². The fraction of sp³-hybridized carbons (Fsp3) is 0.529. The van der Waals surface area contributed by atoms with Crippen LogP contribution in [0.4, 0.5) is 11.4 Å². The van der Waals surface area contributed by atoms with E-state index >= 15 is 0 Å². The highest BCUT2D eigenvalue weighted by molar-refractivity contribution is 5.95. The Hall–Kier alpha value is -1.88. The van der Waals surface area contributed by atoms with Crippen LogP contribution >= 0.6 is 0 Å². The summed E-state index contributed by atoms with van der Waals surface area (Å²) in [6.07, 6.45) is -0.608. The molecule has 1 atom stereocenters. The second-order valence-corrected chi connectivity index (χ2v) is 6.24. The highest BCUT2D eigenvalue weighted by Crippen LogP contribution is 2.21. The predicted octanol–water partition coefficient (Wildman–Crippen LogP) is 2.94. The van der Waals surface area contributed by atoms with Crippen LogP contribution in [0.25, 0.3) is 0 Å². The zero-order valence-electron chi connectivity index (χ0n) is 13.9. The number of aliphatic hydroxyl groups excluding tert-OH is 1. The number of hydrogen-bond donors (Lipinski definition) is 3. The van der Waals surface area contributed by atoms with E-state index in [1.165, 1.54) is 0 Å². The Morgan fingerprint density at radius 3 is 2.32 bits per heavy atom. The van der Waals surface area contributed by atoms with E-state index in [9.17, 15) is 14.7 Å². The predicted molar refractivity (Wildman–Crippen MR) is 88.7 cm³/mol. The van der Waals surface area contributed by atoms with Crippen LogP contribution in [0.1, 0.15) is 39.7 Å². The number of anilines is 2. The summed E-state index contributed by atoms with van der Waals surface area (Å²) in [5.41, 5.74) is 2.18. The van der Waals surface area contributed by atoms with Crippen LogP contribution in [-0.4, -0.2) is 23.0 Å². The van der Waals surface area contributed by atoms with Gasteiger partial charge in [0.15, 0.2) is 0 Å². The van der Waals surface area contributed by atoms with Crippen molar-refractivity contribution in [3.05, 3.63) is 23.8 Å². The topological polar surface area (TPSA) is 78.4 Å². The average molecular weight is 306 g/mol. The van der Waals surface area contributed by atoms with Gasteiger partial charge in [0.25, 0.3) is 0 Å². The third-order valence-corrected chi connectivity index (χ3v) is 3.47. The summed E-state index contributed by atoms with van der Waals surface area (Å²) in [4.78, 5) is 23.7. The van der Waals surface area contributed by atoms with Gasteiger partial charge in [0.2, 0.25) is 11.8 Å². The molecule has 0 aliphatic heterocycles. The number of aliphatic hydroxyl groups is 1. The van der Waals surface area contributed by atoms with Crippen molar-refractivity contribution in [2.24, 2.45) is 11.8 Å². The molecule has 22 heavy (non-hydrogen) atoms. The van der Waals surface area contributed by atoms with E-state index in [-0.39, 0.29) is 30.1 Å². The van der Waals surface area contributed by atoms with E-state index < -0.39 is 6.10 Å². The Morgan fingerprint density at radius 2 is 1.77 bits per heavy atom. The van der Waals surface area contributed by atoms with Gasteiger partial charge >= 0.3 is 0 Å². The van der Waals surface area contributed by atoms with Gasteiger partial charge in [-0.25, -0.2) is 0 Å². The maximum absolute atomic E-state index is 12.0. The van der Waals surface area contributed by atoms with E-state index in [0.717, 1.165) is 5.56 Å². The molecule has 5 heteroatoms. The summed E-state index contributed by atoms with van der Waals surface area (Å²) in [7, 11) is 0. The van der Waals surface area contributed by atoms with Crippen molar-refractivity contribution >= 4 is 23.2 Å². The molecule has 5 nitrogen and oxygen atoms in total. The molecule has 0 aromatic heterocycles. The molecule has 0 bridgehead atoms. The molecule has 3 N–H and O–H groups in total. The fourth-order valence-electron chi connectivity index (χ4n) is 1.75. The molecule has 1 rings (SSSR count). The second kappa shape index (κ2) is 7.94. The fourth-order valence-corrected chi connectivity index (χ4v) is 1.75. The summed E-state index contributed by atoms with van der Waals surface area (Å²) in [5.74, 6) is -0.392. The van der Waals surface area contributed by atoms with Gasteiger partial charge in [0.1, 0.15) is 0 Å². The molecule has 1 aromatic rings. The first kappa shape index (κ1) is 18.2. The highest BCUT2D eigenvalue weighted by Gasteiger charge is 2.15. The minimum absolute atomic E-state index is 0.0310. The lowest BCUT2D eigenvalue weighted by molar-refractivity contribution is -0.119. The molecular weight excluding hydrogens is 280 g/mol. The van der Waals surface area contributed by atoms with Crippen LogP contribution in [0.2, 0.25) is 0 Å². The summed E-state index contributed by atoms with van der Waals surface area (Å²) >= 11 is 0. The van der Waals surface area contributed by atoms with E-state index in [1.807, 2.05) is 40.7 Å². The lowest BCUT2D eigenvalue weighted by atomic mass is 10.0. The van der Waals surface area contributed by atoms with Gasteiger partial charge in [-0.15, -0.1) is 0 Å². The first-order valence-corrected chi connectivity index (χ1v) is 7.60. The second-order valence-electron chi connectivity index (χ2n) is 6.24. The summed E-state index contributed by atoms with van der Waals surface area (Å²) in [5, 5.41) is 15.4. The number of carbonyl (C=O) groups excluding carboxylic acids is 2. The van der Waals surface area contributed by atoms with Gasteiger partial charge in [-0.1, -0.05) is 33.8 Å². The smallest absolute Gasteiger partial charge is 0.226 e. The van der Waals surface area contributed by atoms with Crippen molar-refractivity contribution in [3.8, 4) is 0 Å². The quantitative estimate of drug-likeness (QED) is 0.756. The van der Waals surface area contributed by atoms with Crippen molar-refractivity contribution < 1.29 is 14.7 Å². The number of nitrogens with one attached hydrogen (secondary N) is 2. The molecule has 0 fully saturated rings. The Balaban J connectivity index is 2.78. The lowest BCUT2D eigenvalue weighted by Gasteiger charge is -2.16. The summed E-state index contributed by atoms with van der Waals surface area (Å²) in [6.45, 7) is 9.25. The number of rotatable bonds is 6. The van der Waals surface area contributed by atoms with Crippen molar-refractivity contribution in [2.45, 2.75) is 47.1 Å². The summed E-state index contributed by atoms with van der Waals surface area (Å²) < 4.78 is 0. The zero-order chi connectivity index (χ0) is 16.9. The van der Waals surface area contributed by atoms with Gasteiger partial charge in [0.05, 0.1) is 12.5 Å². The standard InChI is InChI=1S/C17H26N2O3/c1-10(2)15(20)9-16(21)19-14-8-13(7-6-12(14)5)18-17(22)11(3)4/h6-8,10-11,15,20H,9H2,1-5H3,(H,18,22)(H,19,21). The highest BCUT2D eigenvalue weighted by atomic mass is 16.3. The van der Waals surface area contributed by atoms with Gasteiger partial charge in [0, 0.05) is 17.3 Å². The van der Waals surface area contributed by atoms with Crippen LogP contribution in [0.5, 0.6) is 0 Å². The number of amides is 2. The molecule has 0 aliphatic rings. The number of aryl methyl sites for hydroxylation is 1. The van der Waals surface area contributed by atoms with Crippen LogP contribution in [0, 0.1) is 18.8 Å². The van der Waals surface area contributed by atoms with E-state index in [1.54, 1.807) is 12.1 Å². The minimum atomic E-state index is -0.663. The average Bonchev–Trinajstić information content (AvgIpc) is 2.42. The normalized spacial score (nSPS) is 12.4. The number of benzene rings is 1. The molecule has 0 saturated heterocycles. The zero-order valence-corrected chi connectivity index (χ0v) is 13.9. The maximum Gasteiger partial charge on any atom is 0.226 e.